The molecule has 124 valence electrons. The summed E-state index contributed by atoms with van der Waals surface area (Å²) in [6.45, 7) is 0. The number of carboxylic acid groups (broad SMARTS) is 1. The number of aromatic hydroxyl groups is 2. The van der Waals surface area contributed by atoms with E-state index in [1.54, 1.807) is 0 Å². The minimum absolute atomic E-state index is 0.0913. The smallest absolute Gasteiger partial charge is 0.336 e. The number of halogens is 1. The van der Waals surface area contributed by atoms with Crippen LogP contribution in [0.3, 0.4) is 0 Å². The number of carbonyl (C=O) groups excluding carboxylic acids is 2. The fourth-order valence-corrected chi connectivity index (χ4v) is 2.50. The van der Waals surface area contributed by atoms with Gasteiger partial charge in [0.2, 0.25) is 0 Å². The molecule has 0 fully saturated rings. The van der Waals surface area contributed by atoms with Gasteiger partial charge in [0.1, 0.15) is 22.8 Å². The second kappa shape index (κ2) is 7.14. The number of phenolic OH excluding ortho intramolecular Hbond substituents is 2. The van der Waals surface area contributed by atoms with Crippen LogP contribution in [0, 0.1) is 0 Å². The number of aryl methyl sites for hydroxylation is 1. The molecule has 7 heteroatoms. The molecule has 0 saturated heterocycles. The van der Waals surface area contributed by atoms with Crippen molar-refractivity contribution >= 4 is 29.6 Å². The third-order valence-electron chi connectivity index (χ3n) is 3.47. The van der Waals surface area contributed by atoms with Crippen LogP contribution in [0.5, 0.6) is 11.5 Å². The van der Waals surface area contributed by atoms with E-state index < -0.39 is 28.3 Å². The second-order valence-electron chi connectivity index (χ2n) is 4.98. The van der Waals surface area contributed by atoms with E-state index in [1.807, 2.05) is 0 Å². The first-order chi connectivity index (χ1) is 11.4. The molecule has 0 aliphatic carbocycles. The Bertz CT molecular complexity index is 828. The van der Waals surface area contributed by atoms with Crippen molar-refractivity contribution in [3.8, 4) is 11.5 Å². The molecule has 0 atom stereocenters. The summed E-state index contributed by atoms with van der Waals surface area (Å²) in [5, 5.41) is 28.7. The molecule has 0 unspecified atom stereocenters. The SMILES string of the molecule is O=CCCc1cc(C(=O)c2ccccc2C(=O)O)c(O)c(Cl)c1O. The molecule has 0 radical (unpaired) electrons. The summed E-state index contributed by atoms with van der Waals surface area (Å²) in [6.07, 6.45) is 0.853. The number of aromatic carboxylic acids is 1. The lowest BCUT2D eigenvalue weighted by Crippen LogP contribution is -2.10. The lowest BCUT2D eigenvalue weighted by atomic mass is 9.95. The van der Waals surface area contributed by atoms with Crippen molar-refractivity contribution in [1.29, 1.82) is 0 Å². The monoisotopic (exact) mass is 348 g/mol. The van der Waals surface area contributed by atoms with Gasteiger partial charge in [-0.1, -0.05) is 29.8 Å². The Hall–Kier alpha value is -2.86. The van der Waals surface area contributed by atoms with E-state index in [0.29, 0.717) is 6.29 Å². The molecule has 0 aliphatic heterocycles. The first kappa shape index (κ1) is 17.5. The maximum Gasteiger partial charge on any atom is 0.336 e. The van der Waals surface area contributed by atoms with Gasteiger partial charge in [-0.15, -0.1) is 0 Å². The van der Waals surface area contributed by atoms with Crippen LogP contribution in [0.25, 0.3) is 0 Å². The van der Waals surface area contributed by atoms with E-state index in [9.17, 15) is 29.7 Å². The van der Waals surface area contributed by atoms with Gasteiger partial charge in [0.05, 0.1) is 11.1 Å². The van der Waals surface area contributed by atoms with Crippen LogP contribution in [0.15, 0.2) is 30.3 Å². The number of hydrogen-bond acceptors (Lipinski definition) is 5. The summed E-state index contributed by atoms with van der Waals surface area (Å²) in [5.74, 6) is -3.10. The van der Waals surface area contributed by atoms with E-state index in [1.165, 1.54) is 30.3 Å². The van der Waals surface area contributed by atoms with Gasteiger partial charge >= 0.3 is 5.97 Å². The lowest BCUT2D eigenvalue weighted by Gasteiger charge is -2.12. The van der Waals surface area contributed by atoms with Crippen molar-refractivity contribution in [3.05, 3.63) is 57.6 Å². The number of benzene rings is 2. The summed E-state index contributed by atoms with van der Waals surface area (Å²) in [5.41, 5.74) is -0.377. The highest BCUT2D eigenvalue weighted by Gasteiger charge is 2.24. The highest BCUT2D eigenvalue weighted by Crippen LogP contribution is 2.40. The molecule has 0 aliphatic rings. The summed E-state index contributed by atoms with van der Waals surface area (Å²) in [7, 11) is 0. The van der Waals surface area contributed by atoms with Gasteiger partial charge in [0, 0.05) is 12.0 Å². The normalized spacial score (nSPS) is 10.4. The molecule has 6 nitrogen and oxygen atoms in total. The van der Waals surface area contributed by atoms with Crippen LogP contribution in [-0.4, -0.2) is 33.4 Å². The molecule has 0 aromatic heterocycles. The van der Waals surface area contributed by atoms with Crippen molar-refractivity contribution in [2.45, 2.75) is 12.8 Å². The number of phenols is 2. The van der Waals surface area contributed by atoms with Gasteiger partial charge in [0.25, 0.3) is 0 Å². The van der Waals surface area contributed by atoms with Crippen LogP contribution in [0.4, 0.5) is 0 Å². The molecule has 2 rings (SSSR count). The largest absolute Gasteiger partial charge is 0.506 e. The molecule has 0 amide bonds. The van der Waals surface area contributed by atoms with Gasteiger partial charge in [0.15, 0.2) is 5.78 Å². The van der Waals surface area contributed by atoms with E-state index in [0.717, 1.165) is 0 Å². The van der Waals surface area contributed by atoms with E-state index in [4.69, 9.17) is 11.6 Å². The molecular weight excluding hydrogens is 336 g/mol. The predicted molar refractivity (Wildman–Crippen MR) is 86.0 cm³/mol. The maximum atomic E-state index is 12.6. The standard InChI is InChI=1S/C17H13ClO6/c18-13-14(20)9(4-3-7-19)8-12(16(13)22)15(21)10-5-1-2-6-11(10)17(23)24/h1-2,5-8,20,22H,3-4H2,(H,23,24). The van der Waals surface area contributed by atoms with E-state index >= 15 is 0 Å². The molecule has 24 heavy (non-hydrogen) atoms. The molecule has 2 aromatic carbocycles. The van der Waals surface area contributed by atoms with E-state index in [2.05, 4.69) is 0 Å². The topological polar surface area (TPSA) is 112 Å². The summed E-state index contributed by atoms with van der Waals surface area (Å²) >= 11 is 5.84. The van der Waals surface area contributed by atoms with Crippen LogP contribution in [0.2, 0.25) is 5.02 Å². The van der Waals surface area contributed by atoms with Gasteiger partial charge in [-0.25, -0.2) is 4.79 Å². The third kappa shape index (κ3) is 3.23. The number of aldehydes is 1. The Labute approximate surface area is 141 Å². The molecule has 0 spiro atoms. The minimum atomic E-state index is -1.29. The number of rotatable bonds is 6. The van der Waals surface area contributed by atoms with Gasteiger partial charge < -0.3 is 20.1 Å². The van der Waals surface area contributed by atoms with Crippen molar-refractivity contribution in [2.24, 2.45) is 0 Å². The number of carbonyl (C=O) groups is 3. The number of carboxylic acids is 1. The summed E-state index contributed by atoms with van der Waals surface area (Å²) in [6, 6.07) is 6.76. The molecule has 0 bridgehead atoms. The average molecular weight is 349 g/mol. The van der Waals surface area contributed by atoms with Gasteiger partial charge in [-0.05, 0) is 24.1 Å². The highest BCUT2D eigenvalue weighted by molar-refractivity contribution is 6.34. The van der Waals surface area contributed by atoms with Crippen LogP contribution < -0.4 is 0 Å². The number of ketones is 1. The molecule has 3 N–H and O–H groups in total. The van der Waals surface area contributed by atoms with Crippen molar-refractivity contribution < 1.29 is 29.7 Å². The number of hydrogen-bond donors (Lipinski definition) is 3. The van der Waals surface area contributed by atoms with Crippen molar-refractivity contribution in [3.63, 3.8) is 0 Å². The quantitative estimate of drug-likeness (QED) is 0.546. The fourth-order valence-electron chi connectivity index (χ4n) is 2.27. The van der Waals surface area contributed by atoms with Crippen molar-refractivity contribution in [1.82, 2.24) is 0 Å². The third-order valence-corrected chi connectivity index (χ3v) is 3.83. The predicted octanol–water partition coefficient (Wildman–Crippen LogP) is 2.81. The minimum Gasteiger partial charge on any atom is -0.506 e. The zero-order chi connectivity index (χ0) is 17.9. The fraction of sp³-hybridized carbons (Fsp3) is 0.118. The highest BCUT2D eigenvalue weighted by atomic mass is 35.5. The maximum absolute atomic E-state index is 12.6. The summed E-state index contributed by atoms with van der Waals surface area (Å²) in [4.78, 5) is 34.4. The Morgan fingerprint density at radius 1 is 1.04 bits per heavy atom. The molecule has 2 aromatic rings. The van der Waals surface area contributed by atoms with E-state index in [-0.39, 0.29) is 35.1 Å². The Morgan fingerprint density at radius 3 is 2.25 bits per heavy atom. The van der Waals surface area contributed by atoms with Crippen molar-refractivity contribution in [2.75, 3.05) is 0 Å². The van der Waals surface area contributed by atoms with Gasteiger partial charge in [-0.2, -0.15) is 0 Å². The molecule has 0 saturated carbocycles. The molecular formula is C17H13ClO6. The zero-order valence-corrected chi connectivity index (χ0v) is 13.1. The second-order valence-corrected chi connectivity index (χ2v) is 5.36. The Morgan fingerprint density at radius 2 is 1.67 bits per heavy atom. The molecule has 0 heterocycles. The van der Waals surface area contributed by atoms with Gasteiger partial charge in [-0.3, -0.25) is 4.79 Å². The first-order valence-electron chi connectivity index (χ1n) is 6.92. The Balaban J connectivity index is 2.60. The van der Waals surface area contributed by atoms with Crippen LogP contribution in [-0.2, 0) is 11.2 Å². The lowest BCUT2D eigenvalue weighted by molar-refractivity contribution is -0.107. The van der Waals surface area contributed by atoms with Crippen LogP contribution in [0.1, 0.15) is 38.3 Å². The zero-order valence-electron chi connectivity index (χ0n) is 12.3. The Kier molecular flexibility index (Phi) is 5.21. The summed E-state index contributed by atoms with van der Waals surface area (Å²) < 4.78 is 0. The van der Waals surface area contributed by atoms with Crippen LogP contribution >= 0.6 is 11.6 Å². The first-order valence-corrected chi connectivity index (χ1v) is 7.30. The average Bonchev–Trinajstić information content (AvgIpc) is 2.58.